The third-order valence-electron chi connectivity index (χ3n) is 8.62. The lowest BCUT2D eigenvalue weighted by molar-refractivity contribution is 0.0660. The second-order valence-corrected chi connectivity index (χ2v) is 13.0. The van der Waals surface area contributed by atoms with Crippen LogP contribution in [0.5, 0.6) is 0 Å². The molecule has 210 valence electrons. The SMILES string of the molecule is O=C(c1sc2ccccc2c1Cl)N(CC1CC1)C(Cc1ccccc1CN1CCCCC1)c1nc2ccccc2[nH]1. The van der Waals surface area contributed by atoms with E-state index in [2.05, 4.69) is 45.1 Å². The van der Waals surface area contributed by atoms with Crippen LogP contribution in [0.3, 0.4) is 0 Å². The highest BCUT2D eigenvalue weighted by Crippen LogP contribution is 2.40. The van der Waals surface area contributed by atoms with Crippen molar-refractivity contribution in [2.45, 2.75) is 51.1 Å². The van der Waals surface area contributed by atoms with E-state index in [0.29, 0.717) is 28.8 Å². The number of carbonyl (C=O) groups excluding carboxylic acids is 1. The molecular weight excluding hydrogens is 548 g/mol. The van der Waals surface area contributed by atoms with Crippen LogP contribution in [-0.4, -0.2) is 45.3 Å². The molecule has 5 nitrogen and oxygen atoms in total. The maximum atomic E-state index is 14.5. The number of amides is 1. The molecule has 2 aromatic heterocycles. The van der Waals surface area contributed by atoms with Gasteiger partial charge >= 0.3 is 0 Å². The van der Waals surface area contributed by atoms with Crippen LogP contribution < -0.4 is 0 Å². The van der Waals surface area contributed by atoms with Crippen LogP contribution in [0.15, 0.2) is 72.8 Å². The van der Waals surface area contributed by atoms with Crippen molar-refractivity contribution < 1.29 is 4.79 Å². The van der Waals surface area contributed by atoms with E-state index in [4.69, 9.17) is 16.6 Å². The quantitative estimate of drug-likeness (QED) is 0.190. The van der Waals surface area contributed by atoms with E-state index >= 15 is 0 Å². The molecule has 2 fully saturated rings. The molecule has 0 bridgehead atoms. The van der Waals surface area contributed by atoms with Gasteiger partial charge in [0, 0.05) is 29.6 Å². The van der Waals surface area contributed by atoms with Gasteiger partial charge in [0.2, 0.25) is 0 Å². The standard InChI is InChI=1S/C34H35ClN4OS/c35-31-26-12-4-7-15-30(26)41-32(31)34(40)39(21-23-16-17-23)29(33-36-27-13-5-6-14-28(27)37-33)20-24-10-2-3-11-25(24)22-38-18-8-1-9-19-38/h2-7,10-15,23,29H,1,8-9,16-22H2,(H,36,37). The molecule has 1 amide bonds. The number of rotatable bonds is 9. The molecule has 1 aliphatic carbocycles. The number of nitrogens with zero attached hydrogens (tertiary/aromatic N) is 3. The Morgan fingerprint density at radius 2 is 1.71 bits per heavy atom. The van der Waals surface area contributed by atoms with Crippen molar-refractivity contribution in [3.63, 3.8) is 0 Å². The summed E-state index contributed by atoms with van der Waals surface area (Å²) in [6.07, 6.45) is 6.87. The predicted octanol–water partition coefficient (Wildman–Crippen LogP) is 8.25. The number of para-hydroxylation sites is 2. The Balaban J connectivity index is 1.30. The number of nitrogens with one attached hydrogen (secondary N) is 1. The molecule has 1 saturated carbocycles. The van der Waals surface area contributed by atoms with Gasteiger partial charge in [-0.25, -0.2) is 4.98 Å². The zero-order valence-electron chi connectivity index (χ0n) is 23.2. The number of fused-ring (bicyclic) bond motifs is 2. The molecule has 1 unspecified atom stereocenters. The largest absolute Gasteiger partial charge is 0.340 e. The average molecular weight is 583 g/mol. The van der Waals surface area contributed by atoms with Crippen LogP contribution in [0.2, 0.25) is 5.02 Å². The molecule has 0 radical (unpaired) electrons. The molecule has 7 heteroatoms. The first-order valence-electron chi connectivity index (χ1n) is 14.9. The smallest absolute Gasteiger partial charge is 0.266 e. The number of benzene rings is 3. The average Bonchev–Trinajstić information content (AvgIpc) is 3.63. The number of piperidine rings is 1. The fourth-order valence-corrected chi connectivity index (χ4v) is 7.64. The molecule has 2 aliphatic rings. The van der Waals surface area contributed by atoms with E-state index in [-0.39, 0.29) is 11.9 Å². The number of halogens is 1. The molecule has 41 heavy (non-hydrogen) atoms. The van der Waals surface area contributed by atoms with Crippen molar-refractivity contribution in [3.05, 3.63) is 99.6 Å². The van der Waals surface area contributed by atoms with Gasteiger partial charge in [0.25, 0.3) is 5.91 Å². The summed E-state index contributed by atoms with van der Waals surface area (Å²) in [5.74, 6) is 1.36. The lowest BCUT2D eigenvalue weighted by Gasteiger charge is -2.32. The molecule has 1 aliphatic heterocycles. The van der Waals surface area contributed by atoms with Crippen LogP contribution in [0.25, 0.3) is 21.1 Å². The summed E-state index contributed by atoms with van der Waals surface area (Å²) in [4.78, 5) is 28.4. The second kappa shape index (κ2) is 11.6. The normalized spacial score (nSPS) is 16.8. The fourth-order valence-electron chi connectivity index (χ4n) is 6.17. The summed E-state index contributed by atoms with van der Waals surface area (Å²) in [6, 6.07) is 24.7. The van der Waals surface area contributed by atoms with Gasteiger partial charge in [-0.3, -0.25) is 9.69 Å². The highest BCUT2D eigenvalue weighted by molar-refractivity contribution is 7.21. The highest BCUT2D eigenvalue weighted by Gasteiger charge is 2.36. The number of hydrogen-bond donors (Lipinski definition) is 1. The van der Waals surface area contributed by atoms with Gasteiger partial charge in [-0.1, -0.05) is 72.6 Å². The number of hydrogen-bond acceptors (Lipinski definition) is 4. The molecule has 1 atom stereocenters. The summed E-state index contributed by atoms with van der Waals surface area (Å²) in [5.41, 5.74) is 4.54. The Kier molecular flexibility index (Phi) is 7.55. The number of aromatic nitrogens is 2. The summed E-state index contributed by atoms with van der Waals surface area (Å²) in [6.45, 7) is 3.96. The summed E-state index contributed by atoms with van der Waals surface area (Å²) < 4.78 is 1.04. The molecule has 3 heterocycles. The number of aromatic amines is 1. The molecule has 0 spiro atoms. The zero-order valence-corrected chi connectivity index (χ0v) is 24.8. The highest BCUT2D eigenvalue weighted by atomic mass is 35.5. The Morgan fingerprint density at radius 1 is 0.976 bits per heavy atom. The Labute approximate surface area is 250 Å². The minimum atomic E-state index is -0.237. The summed E-state index contributed by atoms with van der Waals surface area (Å²) in [5, 5.41) is 1.51. The van der Waals surface area contributed by atoms with Crippen molar-refractivity contribution >= 4 is 50.0 Å². The van der Waals surface area contributed by atoms with Gasteiger partial charge in [0.05, 0.1) is 22.1 Å². The maximum Gasteiger partial charge on any atom is 0.266 e. The Hall–Kier alpha value is -3.19. The summed E-state index contributed by atoms with van der Waals surface area (Å²) >= 11 is 8.39. The lowest BCUT2D eigenvalue weighted by Crippen LogP contribution is -2.38. The first-order valence-corrected chi connectivity index (χ1v) is 16.1. The third kappa shape index (κ3) is 5.66. The number of H-pyrrole nitrogens is 1. The Morgan fingerprint density at radius 3 is 2.49 bits per heavy atom. The van der Waals surface area contributed by atoms with Gasteiger partial charge in [0.15, 0.2) is 0 Å². The van der Waals surface area contributed by atoms with Crippen molar-refractivity contribution in [2.24, 2.45) is 5.92 Å². The van der Waals surface area contributed by atoms with Crippen LogP contribution in [0, 0.1) is 5.92 Å². The minimum Gasteiger partial charge on any atom is -0.340 e. The van der Waals surface area contributed by atoms with Gasteiger partial charge in [-0.2, -0.15) is 0 Å². The molecular formula is C34H35ClN4OS. The van der Waals surface area contributed by atoms with E-state index in [9.17, 15) is 4.79 Å². The third-order valence-corrected chi connectivity index (χ3v) is 10.3. The van der Waals surface area contributed by atoms with Crippen molar-refractivity contribution in [3.8, 4) is 0 Å². The van der Waals surface area contributed by atoms with Crippen molar-refractivity contribution in [1.29, 1.82) is 0 Å². The van der Waals surface area contributed by atoms with Crippen molar-refractivity contribution in [2.75, 3.05) is 19.6 Å². The van der Waals surface area contributed by atoms with Crippen LogP contribution in [0.1, 0.15) is 64.8 Å². The van der Waals surface area contributed by atoms with E-state index < -0.39 is 0 Å². The lowest BCUT2D eigenvalue weighted by atomic mass is 9.97. The maximum absolute atomic E-state index is 14.5. The number of thiophene rings is 1. The van der Waals surface area contributed by atoms with Crippen LogP contribution in [0.4, 0.5) is 0 Å². The van der Waals surface area contributed by atoms with Crippen molar-refractivity contribution in [1.82, 2.24) is 19.8 Å². The monoisotopic (exact) mass is 582 g/mol. The number of likely N-dealkylation sites (tertiary alicyclic amines) is 1. The first kappa shape index (κ1) is 26.7. The summed E-state index contributed by atoms with van der Waals surface area (Å²) in [7, 11) is 0. The Bertz CT molecular complexity index is 1650. The van der Waals surface area contributed by atoms with Gasteiger partial charge in [-0.15, -0.1) is 11.3 Å². The van der Waals surface area contributed by atoms with E-state index in [0.717, 1.165) is 59.4 Å². The molecule has 5 aromatic rings. The second-order valence-electron chi connectivity index (χ2n) is 11.6. The number of imidazole rings is 1. The topological polar surface area (TPSA) is 52.2 Å². The molecule has 3 aromatic carbocycles. The molecule has 1 N–H and O–H groups in total. The van der Waals surface area contributed by atoms with Crippen LogP contribution in [-0.2, 0) is 13.0 Å². The van der Waals surface area contributed by atoms with Gasteiger partial charge < -0.3 is 9.88 Å². The van der Waals surface area contributed by atoms with E-state index in [1.807, 2.05) is 42.5 Å². The zero-order chi connectivity index (χ0) is 27.8. The molecule has 1 saturated heterocycles. The fraction of sp³-hybridized carbons (Fsp3) is 0.353. The van der Waals surface area contributed by atoms with Crippen LogP contribution >= 0.6 is 22.9 Å². The van der Waals surface area contributed by atoms with Gasteiger partial charge in [0.1, 0.15) is 10.7 Å². The predicted molar refractivity (Wildman–Crippen MR) is 169 cm³/mol. The van der Waals surface area contributed by atoms with E-state index in [1.54, 1.807) is 0 Å². The van der Waals surface area contributed by atoms with Gasteiger partial charge in [-0.05, 0) is 74.0 Å². The number of carbonyl (C=O) groups is 1. The first-order chi connectivity index (χ1) is 20.1. The minimum absolute atomic E-state index is 0.00191. The molecule has 7 rings (SSSR count). The van der Waals surface area contributed by atoms with E-state index in [1.165, 1.54) is 41.7 Å².